The van der Waals surface area contributed by atoms with Gasteiger partial charge in [-0.3, -0.25) is 9.36 Å². The summed E-state index contributed by atoms with van der Waals surface area (Å²) in [6, 6.07) is 9.58. The zero-order chi connectivity index (χ0) is 14.1. The highest BCUT2D eigenvalue weighted by atomic mass is 16.5. The molecule has 0 spiro atoms. The van der Waals surface area contributed by atoms with Crippen molar-refractivity contribution in [2.45, 2.75) is 25.8 Å². The first-order chi connectivity index (χ1) is 9.76. The van der Waals surface area contributed by atoms with Gasteiger partial charge in [-0.1, -0.05) is 12.1 Å². The van der Waals surface area contributed by atoms with Gasteiger partial charge in [0.2, 0.25) is 0 Å². The number of hydrogen-bond acceptors (Lipinski definition) is 3. The summed E-state index contributed by atoms with van der Waals surface area (Å²) in [4.78, 5) is 12.7. The molecule has 1 aliphatic rings. The Kier molecular flexibility index (Phi) is 3.32. The fraction of sp³-hybridized carbons (Fsp3) is 0.312. The van der Waals surface area contributed by atoms with Gasteiger partial charge in [0, 0.05) is 17.8 Å². The molecule has 104 valence electrons. The Morgan fingerprint density at radius 1 is 1.30 bits per heavy atom. The van der Waals surface area contributed by atoms with Crippen LogP contribution >= 0.6 is 0 Å². The van der Waals surface area contributed by atoms with E-state index in [2.05, 4.69) is 0 Å². The molecule has 1 aromatic carbocycles. The van der Waals surface area contributed by atoms with Gasteiger partial charge in [0.25, 0.3) is 5.56 Å². The molecule has 0 radical (unpaired) electrons. The molecule has 0 atom stereocenters. The lowest BCUT2D eigenvalue weighted by Crippen LogP contribution is -2.27. The van der Waals surface area contributed by atoms with Gasteiger partial charge in [-0.05, 0) is 43.0 Å². The van der Waals surface area contributed by atoms with E-state index in [-0.39, 0.29) is 12.1 Å². The minimum Gasteiger partial charge on any atom is -0.495 e. The van der Waals surface area contributed by atoms with Crippen molar-refractivity contribution in [1.82, 2.24) is 4.57 Å². The number of methoxy groups -OCH3 is 1. The summed E-state index contributed by atoms with van der Waals surface area (Å²) < 4.78 is 7.18. The van der Waals surface area contributed by atoms with E-state index >= 15 is 0 Å². The number of aromatic nitrogens is 1. The molecule has 0 amide bonds. The van der Waals surface area contributed by atoms with Crippen molar-refractivity contribution >= 4 is 0 Å². The van der Waals surface area contributed by atoms with Crippen molar-refractivity contribution in [2.24, 2.45) is 5.73 Å². The molecule has 20 heavy (non-hydrogen) atoms. The van der Waals surface area contributed by atoms with Crippen LogP contribution in [0, 0.1) is 0 Å². The molecule has 2 N–H and O–H groups in total. The lowest BCUT2D eigenvalue weighted by molar-refractivity contribution is 0.412. The average molecular weight is 270 g/mol. The monoisotopic (exact) mass is 270 g/mol. The van der Waals surface area contributed by atoms with E-state index in [1.807, 2.05) is 30.3 Å². The van der Waals surface area contributed by atoms with Gasteiger partial charge in [0.05, 0.1) is 12.8 Å². The topological polar surface area (TPSA) is 57.2 Å². The SMILES string of the molecule is COc1ccccc1-n1c2c(cc(CN)c1=O)CCC2. The number of fused-ring (bicyclic) bond motifs is 1. The van der Waals surface area contributed by atoms with E-state index in [1.165, 1.54) is 5.56 Å². The minimum atomic E-state index is -0.0300. The van der Waals surface area contributed by atoms with E-state index in [0.717, 1.165) is 30.6 Å². The number of nitrogens with two attached hydrogens (primary N) is 1. The molecule has 0 bridgehead atoms. The molecule has 0 saturated heterocycles. The molecule has 4 heteroatoms. The predicted octanol–water partition coefficient (Wildman–Crippen LogP) is 1.79. The first-order valence-corrected chi connectivity index (χ1v) is 6.86. The van der Waals surface area contributed by atoms with Gasteiger partial charge < -0.3 is 10.5 Å². The van der Waals surface area contributed by atoms with Crippen LogP contribution in [-0.2, 0) is 19.4 Å². The Bertz CT molecular complexity index is 704. The summed E-state index contributed by atoms with van der Waals surface area (Å²) in [6.07, 6.45) is 3.02. The fourth-order valence-corrected chi connectivity index (χ4v) is 2.92. The maximum absolute atomic E-state index is 12.7. The van der Waals surface area contributed by atoms with Gasteiger partial charge in [-0.25, -0.2) is 0 Å². The zero-order valence-electron chi connectivity index (χ0n) is 11.6. The largest absolute Gasteiger partial charge is 0.495 e. The average Bonchev–Trinajstić information content (AvgIpc) is 2.94. The third-order valence-corrected chi connectivity index (χ3v) is 3.87. The Hall–Kier alpha value is -2.07. The number of benzene rings is 1. The third-order valence-electron chi connectivity index (χ3n) is 3.87. The molecular formula is C16H18N2O2. The second-order valence-corrected chi connectivity index (χ2v) is 5.01. The highest BCUT2D eigenvalue weighted by Crippen LogP contribution is 2.28. The van der Waals surface area contributed by atoms with Crippen molar-refractivity contribution in [2.75, 3.05) is 7.11 Å². The fourth-order valence-electron chi connectivity index (χ4n) is 2.92. The van der Waals surface area contributed by atoms with Crippen LogP contribution in [0.25, 0.3) is 5.69 Å². The quantitative estimate of drug-likeness (QED) is 0.925. The molecule has 0 aliphatic heterocycles. The Balaban J connectivity index is 2.33. The van der Waals surface area contributed by atoms with Crippen molar-refractivity contribution in [3.63, 3.8) is 0 Å². The number of para-hydroxylation sites is 2. The lowest BCUT2D eigenvalue weighted by atomic mass is 10.1. The second kappa shape index (κ2) is 5.13. The molecule has 0 saturated carbocycles. The van der Waals surface area contributed by atoms with Gasteiger partial charge >= 0.3 is 0 Å². The number of nitrogens with zero attached hydrogens (tertiary/aromatic N) is 1. The van der Waals surface area contributed by atoms with E-state index in [9.17, 15) is 4.79 Å². The summed E-state index contributed by atoms with van der Waals surface area (Å²) in [5.74, 6) is 0.706. The summed E-state index contributed by atoms with van der Waals surface area (Å²) in [7, 11) is 1.62. The van der Waals surface area contributed by atoms with Crippen LogP contribution in [0.4, 0.5) is 0 Å². The van der Waals surface area contributed by atoms with Crippen LogP contribution in [0.1, 0.15) is 23.2 Å². The van der Waals surface area contributed by atoms with Gasteiger partial charge in [-0.15, -0.1) is 0 Å². The number of aryl methyl sites for hydroxylation is 1. The molecule has 1 heterocycles. The number of pyridine rings is 1. The first kappa shape index (κ1) is 12.9. The normalized spacial score (nSPS) is 13.3. The molecule has 4 nitrogen and oxygen atoms in total. The summed E-state index contributed by atoms with van der Waals surface area (Å²) in [5, 5.41) is 0. The molecule has 0 unspecified atom stereocenters. The number of hydrogen-bond donors (Lipinski definition) is 1. The van der Waals surface area contributed by atoms with Gasteiger partial charge in [0.15, 0.2) is 0 Å². The third kappa shape index (κ3) is 1.93. The predicted molar refractivity (Wildman–Crippen MR) is 78.5 cm³/mol. The summed E-state index contributed by atoms with van der Waals surface area (Å²) in [5.41, 5.74) is 9.48. The van der Waals surface area contributed by atoms with E-state index in [4.69, 9.17) is 10.5 Å². The van der Waals surface area contributed by atoms with Crippen LogP contribution in [0.3, 0.4) is 0 Å². The molecule has 3 rings (SSSR count). The van der Waals surface area contributed by atoms with Gasteiger partial charge in [0.1, 0.15) is 5.75 Å². The zero-order valence-corrected chi connectivity index (χ0v) is 11.6. The van der Waals surface area contributed by atoms with E-state index in [0.29, 0.717) is 11.3 Å². The van der Waals surface area contributed by atoms with Crippen molar-refractivity contribution in [3.05, 3.63) is 57.5 Å². The van der Waals surface area contributed by atoms with Crippen LogP contribution in [0.15, 0.2) is 35.1 Å². The Morgan fingerprint density at radius 3 is 2.85 bits per heavy atom. The molecule has 1 aromatic heterocycles. The minimum absolute atomic E-state index is 0.0300. The second-order valence-electron chi connectivity index (χ2n) is 5.01. The Morgan fingerprint density at radius 2 is 2.10 bits per heavy atom. The number of ether oxygens (including phenoxy) is 1. The van der Waals surface area contributed by atoms with Crippen LogP contribution in [0.2, 0.25) is 0 Å². The maximum atomic E-state index is 12.7. The van der Waals surface area contributed by atoms with Gasteiger partial charge in [-0.2, -0.15) is 0 Å². The molecule has 0 fully saturated rings. The standard InChI is InChI=1S/C16H18N2O2/c1-20-15-8-3-2-6-14(15)18-13-7-4-5-11(13)9-12(10-17)16(18)19/h2-3,6,8-9H,4-5,7,10,17H2,1H3. The molecule has 1 aliphatic carbocycles. The first-order valence-electron chi connectivity index (χ1n) is 6.86. The smallest absolute Gasteiger partial charge is 0.259 e. The van der Waals surface area contributed by atoms with E-state index in [1.54, 1.807) is 11.7 Å². The summed E-state index contributed by atoms with van der Waals surface area (Å²) >= 11 is 0. The number of rotatable bonds is 3. The maximum Gasteiger partial charge on any atom is 0.259 e. The van der Waals surface area contributed by atoms with Crippen molar-refractivity contribution in [1.29, 1.82) is 0 Å². The highest BCUT2D eigenvalue weighted by molar-refractivity contribution is 5.50. The Labute approximate surface area is 117 Å². The van der Waals surface area contributed by atoms with Crippen molar-refractivity contribution in [3.8, 4) is 11.4 Å². The van der Waals surface area contributed by atoms with Crippen LogP contribution < -0.4 is 16.0 Å². The highest BCUT2D eigenvalue weighted by Gasteiger charge is 2.21. The summed E-state index contributed by atoms with van der Waals surface area (Å²) in [6.45, 7) is 0.265. The van der Waals surface area contributed by atoms with E-state index < -0.39 is 0 Å². The lowest BCUT2D eigenvalue weighted by Gasteiger charge is -2.16. The molecular weight excluding hydrogens is 252 g/mol. The van der Waals surface area contributed by atoms with Crippen LogP contribution in [-0.4, -0.2) is 11.7 Å². The van der Waals surface area contributed by atoms with Crippen LogP contribution in [0.5, 0.6) is 5.75 Å². The molecule has 2 aromatic rings. The van der Waals surface area contributed by atoms with Crippen molar-refractivity contribution < 1.29 is 4.74 Å².